The first-order valence-corrected chi connectivity index (χ1v) is 10.9. The van der Waals surface area contributed by atoms with Crippen molar-refractivity contribution in [3.8, 4) is 0 Å². The Morgan fingerprint density at radius 3 is 2.50 bits per heavy atom. The molecule has 1 aromatic carbocycles. The molecule has 0 saturated heterocycles. The minimum Gasteiger partial charge on any atom is -0.481 e. The minimum absolute atomic E-state index is 0.0882. The Hall–Kier alpha value is -3.95. The van der Waals surface area contributed by atoms with Crippen molar-refractivity contribution in [2.45, 2.75) is 58.5 Å². The van der Waals surface area contributed by atoms with Gasteiger partial charge in [0, 0.05) is 23.9 Å². The number of anilines is 1. The molecule has 2 aromatic heterocycles. The molecule has 0 fully saturated rings. The van der Waals surface area contributed by atoms with Crippen LogP contribution in [0.1, 0.15) is 74.6 Å². The number of nitrogens with zero attached hydrogens (tertiary/aromatic N) is 3. The summed E-state index contributed by atoms with van der Waals surface area (Å²) in [6, 6.07) is 7.98. The Bertz CT molecular complexity index is 1240. The van der Waals surface area contributed by atoms with Crippen LogP contribution in [0.4, 0.5) is 11.5 Å². The fourth-order valence-electron chi connectivity index (χ4n) is 3.66. The quantitative estimate of drug-likeness (QED) is 0.327. The van der Waals surface area contributed by atoms with Crippen molar-refractivity contribution >= 4 is 29.0 Å². The number of aliphatic carboxylic acids is 1. The lowest BCUT2D eigenvalue weighted by Gasteiger charge is -2.23. The van der Waals surface area contributed by atoms with Crippen LogP contribution in [-0.4, -0.2) is 36.8 Å². The normalized spacial score (nSPS) is 12.5. The average Bonchev–Trinajstić information content (AvgIpc) is 3.10. The van der Waals surface area contributed by atoms with Gasteiger partial charge in [0.2, 0.25) is 0 Å². The highest BCUT2D eigenvalue weighted by atomic mass is 16.6. The van der Waals surface area contributed by atoms with E-state index in [1.807, 2.05) is 45.2 Å². The van der Waals surface area contributed by atoms with Crippen molar-refractivity contribution in [2.75, 3.05) is 5.32 Å². The van der Waals surface area contributed by atoms with E-state index in [2.05, 4.69) is 10.6 Å². The Balaban J connectivity index is 2.04. The summed E-state index contributed by atoms with van der Waals surface area (Å²) in [6.45, 7) is 10.1. The first-order chi connectivity index (χ1) is 15.9. The van der Waals surface area contributed by atoms with Gasteiger partial charge in [0.25, 0.3) is 11.6 Å². The zero-order valence-electron chi connectivity index (χ0n) is 19.8. The van der Waals surface area contributed by atoms with Crippen LogP contribution in [0.5, 0.6) is 0 Å². The molecule has 2 heterocycles. The Morgan fingerprint density at radius 1 is 1.21 bits per heavy atom. The van der Waals surface area contributed by atoms with Crippen LogP contribution in [0.25, 0.3) is 5.65 Å². The highest BCUT2D eigenvalue weighted by molar-refractivity contribution is 6.00. The number of carboxylic acid groups (broad SMARTS) is 1. The molecule has 10 nitrogen and oxygen atoms in total. The average molecular weight is 468 g/mol. The number of hydrogen-bond donors (Lipinski definition) is 3. The molecule has 180 valence electrons. The second-order valence-electron chi connectivity index (χ2n) is 9.47. The van der Waals surface area contributed by atoms with Crippen LogP contribution in [-0.2, 0) is 4.79 Å². The summed E-state index contributed by atoms with van der Waals surface area (Å²) in [7, 11) is 0. The van der Waals surface area contributed by atoms with Crippen molar-refractivity contribution in [1.29, 1.82) is 0 Å². The van der Waals surface area contributed by atoms with Gasteiger partial charge in [0.05, 0.1) is 28.6 Å². The Kier molecular flexibility index (Phi) is 6.90. The smallest absolute Gasteiger partial charge is 0.305 e. The number of carbonyl (C=O) groups excluding carboxylic acids is 1. The van der Waals surface area contributed by atoms with E-state index in [1.54, 1.807) is 18.2 Å². The van der Waals surface area contributed by atoms with Gasteiger partial charge in [-0.1, -0.05) is 26.0 Å². The van der Waals surface area contributed by atoms with Crippen molar-refractivity contribution in [2.24, 2.45) is 0 Å². The number of carbonyl (C=O) groups is 2. The second kappa shape index (κ2) is 9.50. The number of nitro benzene ring substituents is 1. The van der Waals surface area contributed by atoms with E-state index in [9.17, 15) is 24.8 Å². The molecule has 0 saturated carbocycles. The molecular weight excluding hydrogens is 438 g/mol. The number of benzene rings is 1. The third-order valence-corrected chi connectivity index (χ3v) is 5.13. The van der Waals surface area contributed by atoms with E-state index in [0.29, 0.717) is 11.2 Å². The number of pyridine rings is 1. The Morgan fingerprint density at radius 2 is 1.91 bits per heavy atom. The van der Waals surface area contributed by atoms with E-state index in [-0.39, 0.29) is 22.7 Å². The molecule has 0 radical (unpaired) electrons. The van der Waals surface area contributed by atoms with Gasteiger partial charge in [-0.15, -0.1) is 0 Å². The number of fused-ring (bicyclic) bond motifs is 1. The lowest BCUT2D eigenvalue weighted by atomic mass is 10.0. The van der Waals surface area contributed by atoms with E-state index in [0.717, 1.165) is 11.5 Å². The molecule has 3 aromatic rings. The van der Waals surface area contributed by atoms with Gasteiger partial charge in [-0.2, -0.15) is 0 Å². The van der Waals surface area contributed by atoms with Gasteiger partial charge in [-0.3, -0.25) is 24.1 Å². The first-order valence-electron chi connectivity index (χ1n) is 10.9. The number of non-ortho nitro benzene ring substituents is 1. The first kappa shape index (κ1) is 24.7. The SMILES string of the molecule is CC(C)c1nc2c(C(=O)NC(CC(=O)O)c3cccc([N+](=O)[O-])c3)cccn2c1NC(C)(C)C. The molecule has 0 spiro atoms. The maximum Gasteiger partial charge on any atom is 0.305 e. The predicted molar refractivity (Wildman–Crippen MR) is 128 cm³/mol. The van der Waals surface area contributed by atoms with Crippen LogP contribution in [0.2, 0.25) is 0 Å². The third kappa shape index (κ3) is 5.51. The predicted octanol–water partition coefficient (Wildman–Crippen LogP) is 4.52. The number of imidazole rings is 1. The molecule has 34 heavy (non-hydrogen) atoms. The lowest BCUT2D eigenvalue weighted by molar-refractivity contribution is -0.384. The summed E-state index contributed by atoms with van der Waals surface area (Å²) in [5.74, 6) is -0.793. The van der Waals surface area contributed by atoms with Gasteiger partial charge < -0.3 is 15.7 Å². The van der Waals surface area contributed by atoms with Gasteiger partial charge >= 0.3 is 5.97 Å². The summed E-state index contributed by atoms with van der Waals surface area (Å²) in [4.78, 5) is 40.1. The molecule has 0 aliphatic rings. The zero-order valence-corrected chi connectivity index (χ0v) is 19.8. The number of nitrogens with one attached hydrogen (secondary N) is 2. The van der Waals surface area contributed by atoms with Crippen LogP contribution >= 0.6 is 0 Å². The molecule has 0 aliphatic heterocycles. The van der Waals surface area contributed by atoms with Crippen molar-refractivity contribution in [3.05, 3.63) is 69.5 Å². The van der Waals surface area contributed by atoms with Gasteiger partial charge in [-0.25, -0.2) is 4.98 Å². The van der Waals surface area contributed by atoms with Crippen molar-refractivity contribution in [1.82, 2.24) is 14.7 Å². The standard InChI is InChI=1S/C24H29N5O5/c1-14(2)20-22(27-24(3,4)5)28-11-7-10-17(21(28)26-20)23(32)25-18(13-19(30)31)15-8-6-9-16(12-15)29(33)34/h6-12,14,18,27H,13H2,1-5H3,(H,25,32)(H,30,31). The highest BCUT2D eigenvalue weighted by Crippen LogP contribution is 2.29. The number of nitro groups is 1. The molecule has 0 bridgehead atoms. The maximum atomic E-state index is 13.3. The van der Waals surface area contributed by atoms with Gasteiger partial charge in [0.1, 0.15) is 5.82 Å². The van der Waals surface area contributed by atoms with E-state index < -0.39 is 29.3 Å². The second-order valence-corrected chi connectivity index (χ2v) is 9.47. The topological polar surface area (TPSA) is 139 Å². The summed E-state index contributed by atoms with van der Waals surface area (Å²) < 4.78 is 1.81. The third-order valence-electron chi connectivity index (χ3n) is 5.13. The van der Waals surface area contributed by atoms with Crippen molar-refractivity contribution < 1.29 is 19.6 Å². The summed E-state index contributed by atoms with van der Waals surface area (Å²) in [6.07, 6.45) is 1.38. The maximum absolute atomic E-state index is 13.3. The number of rotatable bonds is 8. The number of aromatic nitrogens is 2. The fourth-order valence-corrected chi connectivity index (χ4v) is 3.66. The Labute approximate surface area is 197 Å². The molecule has 1 atom stereocenters. The van der Waals surface area contributed by atoms with E-state index in [4.69, 9.17) is 4.98 Å². The van der Waals surface area contributed by atoms with Crippen LogP contribution in [0.3, 0.4) is 0 Å². The molecule has 0 aliphatic carbocycles. The fraction of sp³-hybridized carbons (Fsp3) is 0.375. The van der Waals surface area contributed by atoms with Crippen molar-refractivity contribution in [3.63, 3.8) is 0 Å². The zero-order chi connectivity index (χ0) is 25.2. The molecule has 1 amide bonds. The molecular formula is C24H29N5O5. The number of amides is 1. The number of carboxylic acids is 1. The summed E-state index contributed by atoms with van der Waals surface area (Å²) >= 11 is 0. The van der Waals surface area contributed by atoms with Gasteiger partial charge in [-0.05, 0) is 44.4 Å². The minimum atomic E-state index is -1.14. The summed E-state index contributed by atoms with van der Waals surface area (Å²) in [5, 5.41) is 26.7. The molecule has 1 unspecified atom stereocenters. The molecule has 3 N–H and O–H groups in total. The van der Waals surface area contributed by atoms with Crippen LogP contribution in [0, 0.1) is 10.1 Å². The van der Waals surface area contributed by atoms with E-state index in [1.165, 1.54) is 18.2 Å². The monoisotopic (exact) mass is 467 g/mol. The van der Waals surface area contributed by atoms with Crippen LogP contribution < -0.4 is 10.6 Å². The lowest BCUT2D eigenvalue weighted by Crippen LogP contribution is -2.30. The van der Waals surface area contributed by atoms with E-state index >= 15 is 0 Å². The molecule has 3 rings (SSSR count). The molecule has 10 heteroatoms. The number of hydrogen-bond acceptors (Lipinski definition) is 6. The highest BCUT2D eigenvalue weighted by Gasteiger charge is 2.25. The largest absolute Gasteiger partial charge is 0.481 e. The van der Waals surface area contributed by atoms with Crippen LogP contribution in [0.15, 0.2) is 42.6 Å². The summed E-state index contributed by atoms with van der Waals surface area (Å²) in [5.41, 5.74) is 1.41. The van der Waals surface area contributed by atoms with Gasteiger partial charge in [0.15, 0.2) is 5.65 Å².